The number of aliphatic hydroxyl groups is 1. The van der Waals surface area contributed by atoms with E-state index in [4.69, 9.17) is 24.8 Å². The van der Waals surface area contributed by atoms with E-state index in [2.05, 4.69) is 28.0 Å². The Morgan fingerprint density at radius 1 is 1.23 bits per heavy atom. The van der Waals surface area contributed by atoms with Crippen molar-refractivity contribution < 1.29 is 59.6 Å². The number of imidazole rings is 1. The van der Waals surface area contributed by atoms with E-state index in [1.165, 1.54) is 0 Å². The molecule has 0 bridgehead atoms. The van der Waals surface area contributed by atoms with Crippen molar-refractivity contribution in [2.45, 2.75) is 24.5 Å². The van der Waals surface area contributed by atoms with Crippen LogP contribution in [0.1, 0.15) is 6.23 Å². The highest BCUT2D eigenvalue weighted by atomic mass is 32.3. The number of hydrogen-bond acceptors (Lipinski definition) is 13. The van der Waals surface area contributed by atoms with E-state index in [1.54, 1.807) is 0 Å². The lowest BCUT2D eigenvalue weighted by atomic mass is 10.1. The molecule has 1 fully saturated rings. The number of rotatable bonds is 8. The third kappa shape index (κ3) is 5.80. The van der Waals surface area contributed by atoms with Crippen LogP contribution in [0.2, 0.25) is 0 Å². The van der Waals surface area contributed by atoms with E-state index in [9.17, 15) is 27.5 Å². The maximum absolute atomic E-state index is 11.6. The van der Waals surface area contributed by atoms with E-state index >= 15 is 0 Å². The van der Waals surface area contributed by atoms with E-state index < -0.39 is 57.2 Å². The average Bonchev–Trinajstić information content (AvgIpc) is 3.13. The Balaban J connectivity index is 1.88. The smallest absolute Gasteiger partial charge is 0.386 e. The fourth-order valence-electron chi connectivity index (χ4n) is 2.74. The minimum atomic E-state index is -5.39. The monoisotopic (exact) mass is 507 g/mol. The number of phosphoric acid groups is 2. The van der Waals surface area contributed by atoms with Gasteiger partial charge in [0.2, 0.25) is 0 Å². The molecule has 3 heterocycles. The van der Waals surface area contributed by atoms with Gasteiger partial charge in [0, 0.05) is 0 Å². The summed E-state index contributed by atoms with van der Waals surface area (Å²) in [5.74, 6) is -0.0114. The molecule has 3 rings (SSSR count). The molecule has 1 saturated heterocycles. The zero-order chi connectivity index (χ0) is 23.2. The molecule has 5 atom stereocenters. The molecule has 1 aliphatic rings. The number of ether oxygens (including phenoxy) is 1. The lowest BCUT2D eigenvalue weighted by Crippen LogP contribution is -2.35. The van der Waals surface area contributed by atoms with Crippen molar-refractivity contribution in [3.8, 4) is 0 Å². The van der Waals surface area contributed by atoms with Gasteiger partial charge in [-0.05, 0) is 0 Å². The number of anilines is 1. The zero-order valence-electron chi connectivity index (χ0n) is 14.8. The number of aromatic nitrogens is 4. The first-order valence-electron chi connectivity index (χ1n) is 7.83. The SMILES string of the molecule is Nc1ncnc2c1ncn2[C@@H]1O[C@@H](COP(=O)(O)OS(=O)(=O)O)[C@H](OP(=O)(O)O)[C@@H]1O. The number of fused-ring (bicyclic) bond motifs is 1. The Morgan fingerprint density at radius 2 is 1.90 bits per heavy atom. The van der Waals surface area contributed by atoms with Crippen molar-refractivity contribution in [2.75, 3.05) is 12.3 Å². The predicted octanol–water partition coefficient (Wildman–Crippen LogP) is -1.92. The number of aliphatic hydroxyl groups excluding tert-OH is 1. The van der Waals surface area contributed by atoms with Gasteiger partial charge < -0.3 is 30.3 Å². The van der Waals surface area contributed by atoms with Crippen LogP contribution in [0, 0.1) is 0 Å². The molecular formula is C10H15N5O13P2S. The first kappa shape index (κ1) is 24.1. The van der Waals surface area contributed by atoms with Crippen LogP contribution in [-0.2, 0) is 37.3 Å². The van der Waals surface area contributed by atoms with E-state index in [0.29, 0.717) is 0 Å². The van der Waals surface area contributed by atoms with Gasteiger partial charge in [-0.2, -0.15) is 8.42 Å². The van der Waals surface area contributed by atoms with Crippen molar-refractivity contribution in [1.82, 2.24) is 19.5 Å². The molecule has 0 radical (unpaired) electrons. The number of nitrogens with two attached hydrogens (primary N) is 1. The molecule has 1 aliphatic heterocycles. The van der Waals surface area contributed by atoms with E-state index in [0.717, 1.165) is 17.2 Å². The van der Waals surface area contributed by atoms with Crippen molar-refractivity contribution in [3.05, 3.63) is 12.7 Å². The van der Waals surface area contributed by atoms with Gasteiger partial charge >= 0.3 is 26.0 Å². The van der Waals surface area contributed by atoms with Crippen molar-refractivity contribution in [1.29, 1.82) is 0 Å². The Hall–Kier alpha value is -1.60. The van der Waals surface area contributed by atoms with Crippen LogP contribution < -0.4 is 5.73 Å². The van der Waals surface area contributed by atoms with Gasteiger partial charge in [0.1, 0.15) is 30.2 Å². The lowest BCUT2D eigenvalue weighted by Gasteiger charge is -2.21. The van der Waals surface area contributed by atoms with Crippen LogP contribution in [0.3, 0.4) is 0 Å². The highest BCUT2D eigenvalue weighted by molar-refractivity contribution is 7.85. The molecule has 0 aromatic carbocycles. The summed E-state index contributed by atoms with van der Waals surface area (Å²) >= 11 is 0. The quantitative estimate of drug-likeness (QED) is 0.168. The summed E-state index contributed by atoms with van der Waals surface area (Å²) in [6.07, 6.45) is -4.54. The molecule has 7 N–H and O–H groups in total. The largest absolute Gasteiger partial charge is 0.488 e. The maximum atomic E-state index is 11.6. The highest BCUT2D eigenvalue weighted by Gasteiger charge is 2.49. The van der Waals surface area contributed by atoms with Gasteiger partial charge in [0.05, 0.1) is 12.9 Å². The lowest BCUT2D eigenvalue weighted by molar-refractivity contribution is -0.0499. The molecule has 0 aliphatic carbocycles. The van der Waals surface area contributed by atoms with Gasteiger partial charge in [-0.15, -0.1) is 3.97 Å². The highest BCUT2D eigenvalue weighted by Crippen LogP contribution is 2.48. The van der Waals surface area contributed by atoms with Gasteiger partial charge in [-0.1, -0.05) is 0 Å². The van der Waals surface area contributed by atoms with Crippen LogP contribution in [0.15, 0.2) is 12.7 Å². The Bertz CT molecular complexity index is 1170. The summed E-state index contributed by atoms with van der Waals surface area (Å²) in [7, 11) is -16.0. The molecule has 0 spiro atoms. The van der Waals surface area contributed by atoms with Gasteiger partial charge in [0.15, 0.2) is 17.7 Å². The third-order valence-electron chi connectivity index (χ3n) is 3.82. The van der Waals surface area contributed by atoms with Gasteiger partial charge in [0.25, 0.3) is 0 Å². The Morgan fingerprint density at radius 3 is 2.52 bits per heavy atom. The summed E-state index contributed by atoms with van der Waals surface area (Å²) in [5.41, 5.74) is 5.85. The van der Waals surface area contributed by atoms with Crippen LogP contribution >= 0.6 is 15.6 Å². The number of hydrogen-bond donors (Lipinski definition) is 6. The zero-order valence-corrected chi connectivity index (χ0v) is 17.4. The predicted molar refractivity (Wildman–Crippen MR) is 95.0 cm³/mol. The van der Waals surface area contributed by atoms with Crippen molar-refractivity contribution in [3.63, 3.8) is 0 Å². The maximum Gasteiger partial charge on any atom is 0.488 e. The van der Waals surface area contributed by atoms with Crippen LogP contribution in [-0.4, -0.2) is 77.2 Å². The second-order valence-corrected chi connectivity index (χ2v) is 9.80. The topological polar surface area (TPSA) is 276 Å². The Kier molecular flexibility index (Phi) is 6.51. The fourth-order valence-corrected chi connectivity index (χ4v) is 4.77. The summed E-state index contributed by atoms with van der Waals surface area (Å²) in [6.45, 7) is -1.06. The molecule has 0 saturated carbocycles. The molecule has 1 unspecified atom stereocenters. The summed E-state index contributed by atoms with van der Waals surface area (Å²) < 4.78 is 71.5. The summed E-state index contributed by atoms with van der Waals surface area (Å²) in [6, 6.07) is 0. The standard InChI is InChI=1S/C10H15N5O13P2S/c11-8-5-9(13-2-12-8)15(3-14-5)10-6(16)7(27-29(17,18)19)4(26-10)1-25-30(20,21)28-31(22,23)24/h2-4,6-7,10,16H,1H2,(H,20,21)(H2,11,12,13)(H2,17,18,19)(H,22,23,24)/t4-,6-,7-,10+/m0/s1. The molecule has 0 amide bonds. The minimum absolute atomic E-state index is 0.0114. The van der Waals surface area contributed by atoms with Crippen LogP contribution in [0.4, 0.5) is 5.82 Å². The van der Waals surface area contributed by atoms with Crippen molar-refractivity contribution in [2.24, 2.45) is 0 Å². The second kappa shape index (κ2) is 8.39. The first-order chi connectivity index (χ1) is 14.2. The molecule has 2 aromatic rings. The molecule has 174 valence electrons. The Labute approximate surface area is 172 Å². The molecule has 2 aromatic heterocycles. The summed E-state index contributed by atoms with van der Waals surface area (Å²) in [4.78, 5) is 39.1. The average molecular weight is 507 g/mol. The molecule has 21 heteroatoms. The van der Waals surface area contributed by atoms with E-state index in [-0.39, 0.29) is 17.0 Å². The molecule has 18 nitrogen and oxygen atoms in total. The minimum Gasteiger partial charge on any atom is -0.386 e. The molecular weight excluding hydrogens is 492 g/mol. The number of phosphoric ester groups is 2. The number of nitrogens with zero attached hydrogens (tertiary/aromatic N) is 4. The normalized spacial score (nSPS) is 26.9. The van der Waals surface area contributed by atoms with Gasteiger partial charge in [-0.25, -0.2) is 24.1 Å². The fraction of sp³-hybridized carbons (Fsp3) is 0.500. The van der Waals surface area contributed by atoms with Gasteiger partial charge in [-0.3, -0.25) is 18.2 Å². The van der Waals surface area contributed by atoms with Crippen LogP contribution in [0.5, 0.6) is 0 Å². The second-order valence-electron chi connectivity index (χ2n) is 5.97. The molecule has 31 heavy (non-hydrogen) atoms. The van der Waals surface area contributed by atoms with E-state index in [1.807, 2.05) is 0 Å². The van der Waals surface area contributed by atoms with Crippen LogP contribution in [0.25, 0.3) is 11.2 Å². The third-order valence-corrected chi connectivity index (χ3v) is 6.32. The number of nitrogen functional groups attached to an aromatic ring is 1. The summed E-state index contributed by atoms with van der Waals surface area (Å²) in [5, 5.41) is 10.5. The van der Waals surface area contributed by atoms with Crippen molar-refractivity contribution >= 4 is 43.0 Å². The first-order valence-corrected chi connectivity index (χ1v) is 12.2.